The van der Waals surface area contributed by atoms with Crippen molar-refractivity contribution in [1.82, 2.24) is 9.78 Å². The van der Waals surface area contributed by atoms with Gasteiger partial charge in [-0.05, 0) is 25.3 Å². The smallest absolute Gasteiger partial charge is 0.143 e. The highest BCUT2D eigenvalue weighted by atomic mass is 16.5. The second-order valence-corrected chi connectivity index (χ2v) is 5.37. The Kier molecular flexibility index (Phi) is 3.73. The summed E-state index contributed by atoms with van der Waals surface area (Å²) in [6, 6.07) is 4.03. The molecule has 5 nitrogen and oxygen atoms in total. The molecule has 2 N–H and O–H groups in total. The van der Waals surface area contributed by atoms with E-state index in [4.69, 9.17) is 10.5 Å². The number of hydrogen-bond acceptors (Lipinski definition) is 4. The van der Waals surface area contributed by atoms with Gasteiger partial charge in [-0.3, -0.25) is 4.68 Å². The first kappa shape index (κ1) is 13.8. The summed E-state index contributed by atoms with van der Waals surface area (Å²) in [5.74, 6) is 0.729. The zero-order valence-corrected chi connectivity index (χ0v) is 12.5. The standard InChI is InChI=1S/C16H21N4O/c1-19-11-12(10-18-19)13-8-14(17)16(21-2)9-15(13)20-6-4-3-5-7-20/h3,8-11H,4-7,17H2,1-2H3. The fourth-order valence-electron chi connectivity index (χ4n) is 2.81. The molecule has 1 radical (unpaired) electrons. The molecule has 2 aromatic rings. The molecule has 1 saturated heterocycles. The van der Waals surface area contributed by atoms with E-state index in [0.717, 1.165) is 42.8 Å². The Morgan fingerprint density at radius 1 is 1.24 bits per heavy atom. The van der Waals surface area contributed by atoms with Gasteiger partial charge in [0.1, 0.15) is 5.75 Å². The monoisotopic (exact) mass is 285 g/mol. The number of piperidine rings is 1. The van der Waals surface area contributed by atoms with Gasteiger partial charge in [0, 0.05) is 49.2 Å². The van der Waals surface area contributed by atoms with E-state index in [9.17, 15) is 0 Å². The van der Waals surface area contributed by atoms with Gasteiger partial charge in [0.15, 0.2) is 0 Å². The lowest BCUT2D eigenvalue weighted by Gasteiger charge is -2.31. The van der Waals surface area contributed by atoms with E-state index >= 15 is 0 Å². The van der Waals surface area contributed by atoms with Gasteiger partial charge in [0.2, 0.25) is 0 Å². The Bertz CT molecular complexity index is 629. The molecule has 2 heterocycles. The summed E-state index contributed by atoms with van der Waals surface area (Å²) in [7, 11) is 3.58. The van der Waals surface area contributed by atoms with Crippen LogP contribution in [0.4, 0.5) is 11.4 Å². The van der Waals surface area contributed by atoms with Crippen LogP contribution in [0, 0.1) is 6.42 Å². The van der Waals surface area contributed by atoms with Crippen molar-refractivity contribution >= 4 is 11.4 Å². The van der Waals surface area contributed by atoms with Crippen LogP contribution in [0.5, 0.6) is 5.75 Å². The number of aryl methyl sites for hydroxylation is 1. The first-order valence-corrected chi connectivity index (χ1v) is 7.22. The number of ether oxygens (including phenoxy) is 1. The largest absolute Gasteiger partial charge is 0.495 e. The van der Waals surface area contributed by atoms with E-state index in [1.807, 2.05) is 36.3 Å². The molecular formula is C16H21N4O. The minimum Gasteiger partial charge on any atom is -0.495 e. The minimum absolute atomic E-state index is 0.656. The van der Waals surface area contributed by atoms with Crippen LogP contribution < -0.4 is 15.4 Å². The molecule has 1 aromatic carbocycles. The van der Waals surface area contributed by atoms with E-state index in [2.05, 4.69) is 16.4 Å². The summed E-state index contributed by atoms with van der Waals surface area (Å²) in [5.41, 5.74) is 10.1. The number of nitrogen functional groups attached to an aromatic ring is 1. The number of rotatable bonds is 3. The lowest BCUT2D eigenvalue weighted by molar-refractivity contribution is 0.417. The summed E-state index contributed by atoms with van der Waals surface area (Å²) in [6.45, 7) is 2.06. The van der Waals surface area contributed by atoms with Crippen LogP contribution in [-0.4, -0.2) is 30.0 Å². The second kappa shape index (κ2) is 5.68. The van der Waals surface area contributed by atoms with E-state index in [1.165, 1.54) is 5.69 Å². The Morgan fingerprint density at radius 3 is 2.62 bits per heavy atom. The summed E-state index contributed by atoms with van der Waals surface area (Å²) in [5, 5.41) is 4.27. The van der Waals surface area contributed by atoms with Crippen LogP contribution in [0.1, 0.15) is 12.8 Å². The van der Waals surface area contributed by atoms with Crippen LogP contribution in [-0.2, 0) is 7.05 Å². The van der Waals surface area contributed by atoms with Crippen molar-refractivity contribution in [2.24, 2.45) is 7.05 Å². The Morgan fingerprint density at radius 2 is 2.00 bits per heavy atom. The van der Waals surface area contributed by atoms with Gasteiger partial charge < -0.3 is 15.4 Å². The van der Waals surface area contributed by atoms with Crippen LogP contribution in [0.3, 0.4) is 0 Å². The molecule has 0 bridgehead atoms. The van der Waals surface area contributed by atoms with Gasteiger partial charge in [0.25, 0.3) is 0 Å². The lowest BCUT2D eigenvalue weighted by atomic mass is 10.0. The number of anilines is 2. The quantitative estimate of drug-likeness (QED) is 0.880. The van der Waals surface area contributed by atoms with Crippen molar-refractivity contribution in [1.29, 1.82) is 0 Å². The summed E-state index contributed by atoms with van der Waals surface area (Å²) in [6.07, 6.45) is 8.45. The van der Waals surface area contributed by atoms with Crippen molar-refractivity contribution in [3.8, 4) is 16.9 Å². The molecule has 1 aliphatic heterocycles. The van der Waals surface area contributed by atoms with E-state index in [0.29, 0.717) is 5.69 Å². The normalized spacial score (nSPS) is 15.2. The van der Waals surface area contributed by atoms with Crippen molar-refractivity contribution < 1.29 is 4.74 Å². The van der Waals surface area contributed by atoms with Crippen LogP contribution in [0.25, 0.3) is 11.1 Å². The first-order valence-electron chi connectivity index (χ1n) is 7.22. The van der Waals surface area contributed by atoms with Crippen molar-refractivity contribution in [2.75, 3.05) is 30.8 Å². The first-order chi connectivity index (χ1) is 10.2. The molecule has 0 unspecified atom stereocenters. The van der Waals surface area contributed by atoms with Crippen molar-refractivity contribution in [2.45, 2.75) is 12.8 Å². The fraction of sp³-hybridized carbons (Fsp3) is 0.375. The molecule has 21 heavy (non-hydrogen) atoms. The van der Waals surface area contributed by atoms with E-state index < -0.39 is 0 Å². The molecule has 3 rings (SSSR count). The third-order valence-electron chi connectivity index (χ3n) is 3.91. The number of benzene rings is 1. The fourth-order valence-corrected chi connectivity index (χ4v) is 2.81. The summed E-state index contributed by atoms with van der Waals surface area (Å²) in [4.78, 5) is 2.39. The highest BCUT2D eigenvalue weighted by Gasteiger charge is 2.18. The second-order valence-electron chi connectivity index (χ2n) is 5.37. The Hall–Kier alpha value is -2.17. The van der Waals surface area contributed by atoms with E-state index in [1.54, 1.807) is 7.11 Å². The van der Waals surface area contributed by atoms with Crippen molar-refractivity contribution in [3.63, 3.8) is 0 Å². The average molecular weight is 285 g/mol. The number of aromatic nitrogens is 2. The molecule has 1 fully saturated rings. The van der Waals surface area contributed by atoms with Gasteiger partial charge in [-0.15, -0.1) is 0 Å². The Labute approximate surface area is 125 Å². The third-order valence-corrected chi connectivity index (χ3v) is 3.91. The number of methoxy groups -OCH3 is 1. The molecule has 111 valence electrons. The van der Waals surface area contributed by atoms with Crippen LogP contribution in [0.15, 0.2) is 24.5 Å². The maximum absolute atomic E-state index is 6.10. The minimum atomic E-state index is 0.656. The summed E-state index contributed by atoms with van der Waals surface area (Å²) >= 11 is 0. The molecule has 0 atom stereocenters. The molecule has 1 aliphatic rings. The van der Waals surface area contributed by atoms with E-state index in [-0.39, 0.29) is 0 Å². The van der Waals surface area contributed by atoms with Crippen LogP contribution in [0.2, 0.25) is 0 Å². The zero-order valence-electron chi connectivity index (χ0n) is 12.5. The lowest BCUT2D eigenvalue weighted by Crippen LogP contribution is -2.30. The molecule has 0 saturated carbocycles. The highest BCUT2D eigenvalue weighted by molar-refractivity contribution is 5.83. The highest BCUT2D eigenvalue weighted by Crippen LogP contribution is 2.38. The van der Waals surface area contributed by atoms with Gasteiger partial charge in [-0.2, -0.15) is 5.10 Å². The van der Waals surface area contributed by atoms with Gasteiger partial charge in [-0.1, -0.05) is 0 Å². The predicted molar refractivity (Wildman–Crippen MR) is 85.4 cm³/mol. The maximum Gasteiger partial charge on any atom is 0.143 e. The van der Waals surface area contributed by atoms with Gasteiger partial charge in [0.05, 0.1) is 19.0 Å². The Balaban J connectivity index is 2.09. The van der Waals surface area contributed by atoms with Crippen molar-refractivity contribution in [3.05, 3.63) is 30.9 Å². The third kappa shape index (κ3) is 2.68. The van der Waals surface area contributed by atoms with Gasteiger partial charge in [-0.25, -0.2) is 0 Å². The SMILES string of the molecule is COc1cc(N2CC[CH]CC2)c(-c2cnn(C)c2)cc1N. The molecule has 0 spiro atoms. The number of nitrogens with two attached hydrogens (primary N) is 1. The molecule has 0 aliphatic carbocycles. The molecule has 0 amide bonds. The summed E-state index contributed by atoms with van der Waals surface area (Å²) < 4.78 is 7.20. The number of hydrogen-bond donors (Lipinski definition) is 1. The molecule has 5 heteroatoms. The molecular weight excluding hydrogens is 264 g/mol. The van der Waals surface area contributed by atoms with Crippen LogP contribution >= 0.6 is 0 Å². The number of nitrogens with zero attached hydrogens (tertiary/aromatic N) is 3. The van der Waals surface area contributed by atoms with Gasteiger partial charge >= 0.3 is 0 Å². The maximum atomic E-state index is 6.10. The molecule has 1 aromatic heterocycles. The zero-order chi connectivity index (χ0) is 14.8. The predicted octanol–water partition coefficient (Wildman–Crippen LogP) is 2.48. The topological polar surface area (TPSA) is 56.3 Å². The average Bonchev–Trinajstić information content (AvgIpc) is 2.94.